The third-order valence-corrected chi connectivity index (χ3v) is 5.14. The van der Waals surface area contributed by atoms with Gasteiger partial charge in [0.25, 0.3) is 0 Å². The molecule has 2 aromatic carbocycles. The van der Waals surface area contributed by atoms with Gasteiger partial charge < -0.3 is 10.2 Å². The summed E-state index contributed by atoms with van der Waals surface area (Å²) in [4.78, 5) is 24.2. The summed E-state index contributed by atoms with van der Waals surface area (Å²) in [5, 5.41) is 5.29. The lowest BCUT2D eigenvalue weighted by Crippen LogP contribution is -2.23. The van der Waals surface area contributed by atoms with Crippen LogP contribution in [0.3, 0.4) is 0 Å². The molecule has 0 unspecified atom stereocenters. The molecule has 138 valence electrons. The summed E-state index contributed by atoms with van der Waals surface area (Å²) in [6.07, 6.45) is 2.70. The Kier molecular flexibility index (Phi) is 4.75. The second-order valence-electron chi connectivity index (χ2n) is 7.13. The molecule has 1 amide bonds. The minimum atomic E-state index is -0.0462. The Morgan fingerprint density at radius 1 is 1.00 bits per heavy atom. The maximum Gasteiger partial charge on any atom is 0.228 e. The molecule has 0 radical (unpaired) electrons. The number of nitrogens with one attached hydrogen (secondary N) is 1. The van der Waals surface area contributed by atoms with Gasteiger partial charge in [-0.05, 0) is 43.0 Å². The number of hydrogen-bond donors (Lipinski definition) is 1. The van der Waals surface area contributed by atoms with E-state index in [-0.39, 0.29) is 5.91 Å². The van der Waals surface area contributed by atoms with E-state index in [1.807, 2.05) is 38.1 Å². The van der Waals surface area contributed by atoms with Crippen molar-refractivity contribution in [2.45, 2.75) is 33.1 Å². The summed E-state index contributed by atoms with van der Waals surface area (Å²) in [5.74, 6) is 0.727. The summed E-state index contributed by atoms with van der Waals surface area (Å²) in [6.45, 7) is 5.88. The molecular formula is C22H24N4O. The zero-order valence-corrected chi connectivity index (χ0v) is 15.8. The number of nitrogens with zero attached hydrogens (tertiary/aromatic N) is 3. The zero-order valence-electron chi connectivity index (χ0n) is 15.8. The second kappa shape index (κ2) is 7.35. The molecular weight excluding hydrogens is 336 g/mol. The fourth-order valence-electron chi connectivity index (χ4n) is 3.74. The first-order chi connectivity index (χ1) is 13.1. The van der Waals surface area contributed by atoms with Gasteiger partial charge in [0, 0.05) is 13.1 Å². The standard InChI is InChI=1S/C22H24N4O/c1-15-21(16(2)24-22(23-15)26-12-5-6-13-26)25-20(27)14-18-10-7-9-17-8-3-4-11-19(17)18/h3-4,7-11H,5-6,12-14H2,1-2H3,(H,25,27). The third-order valence-electron chi connectivity index (χ3n) is 5.14. The smallest absolute Gasteiger partial charge is 0.228 e. The first-order valence-corrected chi connectivity index (χ1v) is 9.48. The minimum Gasteiger partial charge on any atom is -0.341 e. The molecule has 0 atom stereocenters. The summed E-state index contributed by atoms with van der Waals surface area (Å²) >= 11 is 0. The van der Waals surface area contributed by atoms with E-state index in [0.717, 1.165) is 52.4 Å². The van der Waals surface area contributed by atoms with Crippen molar-refractivity contribution < 1.29 is 4.79 Å². The maximum absolute atomic E-state index is 12.7. The molecule has 5 nitrogen and oxygen atoms in total. The van der Waals surface area contributed by atoms with Crippen LogP contribution in [0.4, 0.5) is 11.6 Å². The highest BCUT2D eigenvalue weighted by Crippen LogP contribution is 2.24. The zero-order chi connectivity index (χ0) is 18.8. The molecule has 4 rings (SSSR count). The fourth-order valence-corrected chi connectivity index (χ4v) is 3.74. The van der Waals surface area contributed by atoms with E-state index >= 15 is 0 Å². The normalized spacial score (nSPS) is 13.9. The lowest BCUT2D eigenvalue weighted by molar-refractivity contribution is -0.115. The van der Waals surface area contributed by atoms with E-state index in [4.69, 9.17) is 0 Å². The van der Waals surface area contributed by atoms with Crippen LogP contribution in [0.25, 0.3) is 10.8 Å². The lowest BCUT2D eigenvalue weighted by atomic mass is 10.0. The van der Waals surface area contributed by atoms with Gasteiger partial charge in [0.2, 0.25) is 11.9 Å². The van der Waals surface area contributed by atoms with Crippen LogP contribution in [-0.4, -0.2) is 29.0 Å². The maximum atomic E-state index is 12.7. The Morgan fingerprint density at radius 3 is 2.41 bits per heavy atom. The highest BCUT2D eigenvalue weighted by molar-refractivity contribution is 5.96. The average molecular weight is 360 g/mol. The van der Waals surface area contributed by atoms with Gasteiger partial charge in [-0.25, -0.2) is 9.97 Å². The number of rotatable bonds is 4. The van der Waals surface area contributed by atoms with Crippen molar-refractivity contribution in [3.8, 4) is 0 Å². The molecule has 0 saturated carbocycles. The first-order valence-electron chi connectivity index (χ1n) is 9.48. The number of carbonyl (C=O) groups is 1. The van der Waals surface area contributed by atoms with E-state index in [1.165, 1.54) is 12.8 Å². The van der Waals surface area contributed by atoms with Crippen LogP contribution in [0.1, 0.15) is 29.8 Å². The molecule has 0 aliphatic carbocycles. The van der Waals surface area contributed by atoms with Crippen molar-refractivity contribution in [3.05, 3.63) is 59.4 Å². The Labute approximate surface area is 159 Å². The molecule has 27 heavy (non-hydrogen) atoms. The molecule has 1 saturated heterocycles. The van der Waals surface area contributed by atoms with Crippen molar-refractivity contribution in [2.24, 2.45) is 0 Å². The molecule has 3 aromatic rings. The number of anilines is 2. The van der Waals surface area contributed by atoms with Crippen LogP contribution >= 0.6 is 0 Å². The predicted octanol–water partition coefficient (Wildman–Crippen LogP) is 4.03. The quantitative estimate of drug-likeness (QED) is 0.763. The van der Waals surface area contributed by atoms with Crippen LogP contribution in [-0.2, 0) is 11.2 Å². The van der Waals surface area contributed by atoms with Gasteiger partial charge in [-0.2, -0.15) is 0 Å². The molecule has 1 aliphatic heterocycles. The minimum absolute atomic E-state index is 0.0462. The van der Waals surface area contributed by atoms with E-state index in [2.05, 4.69) is 38.4 Å². The summed E-state index contributed by atoms with van der Waals surface area (Å²) in [6, 6.07) is 14.2. The van der Waals surface area contributed by atoms with Crippen molar-refractivity contribution in [1.82, 2.24) is 9.97 Å². The van der Waals surface area contributed by atoms with E-state index in [0.29, 0.717) is 6.42 Å². The van der Waals surface area contributed by atoms with Gasteiger partial charge >= 0.3 is 0 Å². The van der Waals surface area contributed by atoms with Crippen molar-refractivity contribution in [2.75, 3.05) is 23.3 Å². The highest BCUT2D eigenvalue weighted by atomic mass is 16.1. The Balaban J connectivity index is 1.54. The SMILES string of the molecule is Cc1nc(N2CCCC2)nc(C)c1NC(=O)Cc1cccc2ccccc12. The number of benzene rings is 2. The number of hydrogen-bond acceptors (Lipinski definition) is 4. The Bertz CT molecular complexity index is 964. The number of fused-ring (bicyclic) bond motifs is 1. The Hall–Kier alpha value is -2.95. The monoisotopic (exact) mass is 360 g/mol. The summed E-state index contributed by atoms with van der Waals surface area (Å²) < 4.78 is 0. The van der Waals surface area contributed by atoms with Gasteiger partial charge in [-0.15, -0.1) is 0 Å². The van der Waals surface area contributed by atoms with Crippen LogP contribution in [0.5, 0.6) is 0 Å². The van der Waals surface area contributed by atoms with Crippen molar-refractivity contribution in [1.29, 1.82) is 0 Å². The number of amides is 1. The predicted molar refractivity (Wildman–Crippen MR) is 109 cm³/mol. The molecule has 0 bridgehead atoms. The van der Waals surface area contributed by atoms with Crippen LogP contribution in [0.15, 0.2) is 42.5 Å². The largest absolute Gasteiger partial charge is 0.341 e. The third kappa shape index (κ3) is 3.63. The molecule has 5 heteroatoms. The van der Waals surface area contributed by atoms with Crippen LogP contribution in [0.2, 0.25) is 0 Å². The van der Waals surface area contributed by atoms with Gasteiger partial charge in [0.1, 0.15) is 0 Å². The fraction of sp³-hybridized carbons (Fsp3) is 0.318. The number of aryl methyl sites for hydroxylation is 2. The van der Waals surface area contributed by atoms with E-state index in [1.54, 1.807) is 0 Å². The molecule has 1 aliphatic rings. The highest BCUT2D eigenvalue weighted by Gasteiger charge is 2.18. The van der Waals surface area contributed by atoms with Gasteiger partial charge in [0.05, 0.1) is 23.5 Å². The number of carbonyl (C=O) groups excluding carboxylic acids is 1. The lowest BCUT2D eigenvalue weighted by Gasteiger charge is -2.18. The second-order valence-corrected chi connectivity index (χ2v) is 7.13. The number of aromatic nitrogens is 2. The van der Waals surface area contributed by atoms with Gasteiger partial charge in [0.15, 0.2) is 0 Å². The molecule has 1 aromatic heterocycles. The van der Waals surface area contributed by atoms with Crippen molar-refractivity contribution >= 4 is 28.3 Å². The molecule has 1 N–H and O–H groups in total. The van der Waals surface area contributed by atoms with Crippen molar-refractivity contribution in [3.63, 3.8) is 0 Å². The summed E-state index contributed by atoms with van der Waals surface area (Å²) in [5.41, 5.74) is 3.38. The van der Waals surface area contributed by atoms with E-state index < -0.39 is 0 Å². The van der Waals surface area contributed by atoms with Gasteiger partial charge in [-0.3, -0.25) is 4.79 Å². The van der Waals surface area contributed by atoms with E-state index in [9.17, 15) is 4.79 Å². The Morgan fingerprint density at radius 2 is 1.67 bits per heavy atom. The summed E-state index contributed by atoms with van der Waals surface area (Å²) in [7, 11) is 0. The first kappa shape index (κ1) is 17.5. The molecule has 0 spiro atoms. The topological polar surface area (TPSA) is 58.1 Å². The van der Waals surface area contributed by atoms with Crippen LogP contribution < -0.4 is 10.2 Å². The molecule has 1 fully saturated rings. The average Bonchev–Trinajstić information content (AvgIpc) is 3.20. The molecule has 2 heterocycles. The van der Waals surface area contributed by atoms with Crippen LogP contribution in [0, 0.1) is 13.8 Å². The van der Waals surface area contributed by atoms with Gasteiger partial charge in [-0.1, -0.05) is 42.5 Å².